The standard InChI is InChI=1S/C8H13N3O3/c1-5(8(12)13)9-4-3-7-10-6(2)11-14-7/h5,9H,3-4H2,1-2H3,(H,12,13). The first kappa shape index (κ1) is 10.6. The number of aromatic nitrogens is 2. The Morgan fingerprint density at radius 1 is 1.71 bits per heavy atom. The van der Waals surface area contributed by atoms with E-state index in [1.807, 2.05) is 0 Å². The second kappa shape index (κ2) is 4.71. The molecule has 6 heteroatoms. The van der Waals surface area contributed by atoms with Gasteiger partial charge in [-0.05, 0) is 13.8 Å². The Morgan fingerprint density at radius 3 is 2.93 bits per heavy atom. The molecular formula is C8H13N3O3. The second-order valence-corrected chi connectivity index (χ2v) is 3.00. The van der Waals surface area contributed by atoms with Crippen LogP contribution in [0.5, 0.6) is 0 Å². The van der Waals surface area contributed by atoms with Crippen molar-refractivity contribution in [1.29, 1.82) is 0 Å². The van der Waals surface area contributed by atoms with Crippen LogP contribution >= 0.6 is 0 Å². The molecule has 0 radical (unpaired) electrons. The third-order valence-electron chi connectivity index (χ3n) is 1.73. The van der Waals surface area contributed by atoms with Crippen LogP contribution in [0.3, 0.4) is 0 Å². The van der Waals surface area contributed by atoms with Crippen LogP contribution in [0, 0.1) is 6.92 Å². The Balaban J connectivity index is 2.25. The summed E-state index contributed by atoms with van der Waals surface area (Å²) in [5.74, 6) is 0.241. The Bertz CT molecular complexity index is 311. The van der Waals surface area contributed by atoms with Crippen LogP contribution in [0.4, 0.5) is 0 Å². The number of aliphatic carboxylic acids is 1. The number of hydrogen-bond acceptors (Lipinski definition) is 5. The molecule has 1 aromatic rings. The lowest BCUT2D eigenvalue weighted by atomic mass is 10.3. The van der Waals surface area contributed by atoms with Crippen LogP contribution in [0.15, 0.2) is 4.52 Å². The molecule has 14 heavy (non-hydrogen) atoms. The summed E-state index contributed by atoms with van der Waals surface area (Å²) in [6.07, 6.45) is 0.540. The third-order valence-corrected chi connectivity index (χ3v) is 1.73. The van der Waals surface area contributed by atoms with Gasteiger partial charge in [0.05, 0.1) is 0 Å². The summed E-state index contributed by atoms with van der Waals surface area (Å²) in [6, 6.07) is -0.556. The molecule has 1 aromatic heterocycles. The van der Waals surface area contributed by atoms with Crippen molar-refractivity contribution in [2.24, 2.45) is 0 Å². The number of rotatable bonds is 5. The molecule has 1 rings (SSSR count). The summed E-state index contributed by atoms with van der Waals surface area (Å²) in [5, 5.41) is 15.0. The van der Waals surface area contributed by atoms with E-state index in [9.17, 15) is 4.79 Å². The molecule has 0 aliphatic rings. The highest BCUT2D eigenvalue weighted by atomic mass is 16.5. The van der Waals surface area contributed by atoms with Gasteiger partial charge in [-0.15, -0.1) is 0 Å². The molecule has 0 saturated heterocycles. The summed E-state index contributed by atoms with van der Waals surface area (Å²) < 4.78 is 4.86. The van der Waals surface area contributed by atoms with Gasteiger partial charge in [-0.2, -0.15) is 4.98 Å². The van der Waals surface area contributed by atoms with Gasteiger partial charge in [-0.25, -0.2) is 0 Å². The molecule has 0 aliphatic carbocycles. The number of carboxylic acids is 1. The molecule has 0 aromatic carbocycles. The molecule has 0 aliphatic heterocycles. The molecule has 1 unspecified atom stereocenters. The van der Waals surface area contributed by atoms with Crippen molar-refractivity contribution < 1.29 is 14.4 Å². The van der Waals surface area contributed by atoms with E-state index in [-0.39, 0.29) is 0 Å². The number of aryl methyl sites for hydroxylation is 1. The molecule has 0 fully saturated rings. The van der Waals surface area contributed by atoms with Gasteiger partial charge >= 0.3 is 5.97 Å². The summed E-state index contributed by atoms with van der Waals surface area (Å²) >= 11 is 0. The van der Waals surface area contributed by atoms with E-state index in [2.05, 4.69) is 15.5 Å². The van der Waals surface area contributed by atoms with Crippen LogP contribution in [0.2, 0.25) is 0 Å². The minimum absolute atomic E-state index is 0.509. The fraction of sp³-hybridized carbons (Fsp3) is 0.625. The number of nitrogens with zero attached hydrogens (tertiary/aromatic N) is 2. The predicted octanol–water partition coefficient (Wildman–Crippen LogP) is -0.0168. The van der Waals surface area contributed by atoms with Crippen molar-refractivity contribution in [3.05, 3.63) is 11.7 Å². The first-order chi connectivity index (χ1) is 6.59. The van der Waals surface area contributed by atoms with E-state index in [4.69, 9.17) is 9.63 Å². The number of hydrogen-bond donors (Lipinski definition) is 2. The highest BCUT2D eigenvalue weighted by Gasteiger charge is 2.09. The van der Waals surface area contributed by atoms with Gasteiger partial charge in [-0.1, -0.05) is 5.16 Å². The van der Waals surface area contributed by atoms with Crippen molar-refractivity contribution in [2.75, 3.05) is 6.54 Å². The summed E-state index contributed by atoms with van der Waals surface area (Å²) in [4.78, 5) is 14.4. The Kier molecular flexibility index (Phi) is 3.58. The maximum absolute atomic E-state index is 10.4. The predicted molar refractivity (Wildman–Crippen MR) is 47.8 cm³/mol. The lowest BCUT2D eigenvalue weighted by Crippen LogP contribution is -2.35. The van der Waals surface area contributed by atoms with Crippen LogP contribution in [-0.4, -0.2) is 33.8 Å². The molecule has 0 saturated carbocycles. The third kappa shape index (κ3) is 3.14. The van der Waals surface area contributed by atoms with Crippen LogP contribution in [0.1, 0.15) is 18.6 Å². The Labute approximate surface area is 81.3 Å². The number of nitrogens with one attached hydrogen (secondary N) is 1. The van der Waals surface area contributed by atoms with Crippen LogP contribution in [-0.2, 0) is 11.2 Å². The Hall–Kier alpha value is -1.43. The average Bonchev–Trinajstić information content (AvgIpc) is 2.51. The van der Waals surface area contributed by atoms with Crippen molar-refractivity contribution >= 4 is 5.97 Å². The smallest absolute Gasteiger partial charge is 0.320 e. The van der Waals surface area contributed by atoms with Crippen LogP contribution in [0.25, 0.3) is 0 Å². The van der Waals surface area contributed by atoms with Crippen molar-refractivity contribution in [3.63, 3.8) is 0 Å². The van der Waals surface area contributed by atoms with Gasteiger partial charge in [0.2, 0.25) is 5.89 Å². The highest BCUT2D eigenvalue weighted by molar-refractivity contribution is 5.72. The fourth-order valence-electron chi connectivity index (χ4n) is 0.924. The van der Waals surface area contributed by atoms with Crippen molar-refractivity contribution in [1.82, 2.24) is 15.5 Å². The molecule has 6 nitrogen and oxygen atoms in total. The SMILES string of the molecule is Cc1noc(CCNC(C)C(=O)O)n1. The van der Waals surface area contributed by atoms with Gasteiger partial charge in [0.15, 0.2) is 5.82 Å². The maximum Gasteiger partial charge on any atom is 0.320 e. The van der Waals surface area contributed by atoms with E-state index in [1.54, 1.807) is 13.8 Å². The van der Waals surface area contributed by atoms with E-state index in [0.29, 0.717) is 24.7 Å². The zero-order valence-electron chi connectivity index (χ0n) is 8.15. The number of carboxylic acid groups (broad SMARTS) is 1. The molecule has 78 valence electrons. The minimum atomic E-state index is -0.869. The van der Waals surface area contributed by atoms with E-state index >= 15 is 0 Å². The maximum atomic E-state index is 10.4. The highest BCUT2D eigenvalue weighted by Crippen LogP contribution is 1.95. The summed E-state index contributed by atoms with van der Waals surface area (Å²) in [7, 11) is 0. The topological polar surface area (TPSA) is 88.2 Å². The van der Waals surface area contributed by atoms with Crippen molar-refractivity contribution in [2.45, 2.75) is 26.3 Å². The molecule has 1 atom stereocenters. The van der Waals surface area contributed by atoms with Crippen LogP contribution < -0.4 is 5.32 Å². The van der Waals surface area contributed by atoms with Gasteiger partial charge in [0.25, 0.3) is 0 Å². The van der Waals surface area contributed by atoms with Gasteiger partial charge in [0.1, 0.15) is 6.04 Å². The number of carbonyl (C=O) groups is 1. The molecule has 0 spiro atoms. The molecule has 0 bridgehead atoms. The Morgan fingerprint density at radius 2 is 2.43 bits per heavy atom. The molecular weight excluding hydrogens is 186 g/mol. The normalized spacial score (nSPS) is 12.7. The fourth-order valence-corrected chi connectivity index (χ4v) is 0.924. The quantitative estimate of drug-likeness (QED) is 0.693. The van der Waals surface area contributed by atoms with E-state index < -0.39 is 12.0 Å². The first-order valence-electron chi connectivity index (χ1n) is 4.35. The van der Waals surface area contributed by atoms with Gasteiger partial charge in [0, 0.05) is 13.0 Å². The van der Waals surface area contributed by atoms with E-state index in [1.165, 1.54) is 0 Å². The zero-order chi connectivity index (χ0) is 10.6. The minimum Gasteiger partial charge on any atom is -0.480 e. The van der Waals surface area contributed by atoms with Gasteiger partial charge < -0.3 is 14.9 Å². The zero-order valence-corrected chi connectivity index (χ0v) is 8.15. The largest absolute Gasteiger partial charge is 0.480 e. The molecule has 2 N–H and O–H groups in total. The summed E-state index contributed by atoms with van der Waals surface area (Å²) in [5.41, 5.74) is 0. The first-order valence-corrected chi connectivity index (χ1v) is 4.35. The van der Waals surface area contributed by atoms with E-state index in [0.717, 1.165) is 0 Å². The van der Waals surface area contributed by atoms with Crippen molar-refractivity contribution in [3.8, 4) is 0 Å². The lowest BCUT2D eigenvalue weighted by Gasteiger charge is -2.06. The van der Waals surface area contributed by atoms with Gasteiger partial charge in [-0.3, -0.25) is 4.79 Å². The molecule has 1 heterocycles. The molecule has 0 amide bonds. The summed E-state index contributed by atoms with van der Waals surface area (Å²) in [6.45, 7) is 3.83. The lowest BCUT2D eigenvalue weighted by molar-refractivity contribution is -0.138. The monoisotopic (exact) mass is 199 g/mol. The average molecular weight is 199 g/mol. The second-order valence-electron chi connectivity index (χ2n) is 3.00.